The average Bonchev–Trinajstić information content (AvgIpc) is 2.64. The van der Waals surface area contributed by atoms with Crippen molar-refractivity contribution in [3.63, 3.8) is 0 Å². The molecule has 0 fully saturated rings. The maximum Gasteiger partial charge on any atom is 0.328 e. The van der Waals surface area contributed by atoms with Gasteiger partial charge in [0.05, 0.1) is 7.11 Å². The summed E-state index contributed by atoms with van der Waals surface area (Å²) in [5.41, 5.74) is 1.45. The van der Waals surface area contributed by atoms with Crippen LogP contribution < -0.4 is 5.32 Å². The van der Waals surface area contributed by atoms with Gasteiger partial charge in [0.25, 0.3) is 5.91 Å². The number of carbonyl (C=O) groups excluding carboxylic acids is 2. The minimum atomic E-state index is -0.638. The quantitative estimate of drug-likeness (QED) is 0.298. The molecule has 0 heterocycles. The number of amides is 1. The van der Waals surface area contributed by atoms with Crippen LogP contribution in [0.3, 0.4) is 0 Å². The summed E-state index contributed by atoms with van der Waals surface area (Å²) in [5.74, 6) is 5.50. The molecule has 26 heavy (non-hydrogen) atoms. The Bertz CT molecular complexity index is 617. The number of nitrogens with one attached hydrogen (secondary N) is 1. The number of unbranched alkanes of at least 4 members (excludes halogenated alkanes) is 1. The zero-order chi connectivity index (χ0) is 19.5. The largest absolute Gasteiger partial charge is 0.467 e. The molecular formula is C20H32N2O4. The molecule has 0 bridgehead atoms. The highest BCUT2D eigenvalue weighted by Crippen LogP contribution is 2.17. The van der Waals surface area contributed by atoms with Gasteiger partial charge in [0.2, 0.25) is 0 Å². The third-order valence-corrected chi connectivity index (χ3v) is 4.18. The first-order valence-electron chi connectivity index (χ1n) is 9.01. The lowest BCUT2D eigenvalue weighted by molar-refractivity contribution is -0.144. The molecule has 6 heteroatoms. The molecule has 0 spiro atoms. The molecule has 0 radical (unpaired) electrons. The second kappa shape index (κ2) is 11.5. The Hall–Kier alpha value is -2.10. The summed E-state index contributed by atoms with van der Waals surface area (Å²) < 4.78 is 4.69. The standard InChI is InChI=1S/C20H30N2O4.H2/c1-5-17(20(25)26-4)21-19(24)16-12-9-11-15(14-16)10-7-6-8-13-18(23)22(2)3;/h12,14,17-18,23H,5-6,8-9,11,13H2,1-4H3,(H,21,24);1H. The van der Waals surface area contributed by atoms with Crippen LogP contribution in [0.1, 0.15) is 46.9 Å². The van der Waals surface area contributed by atoms with Crippen LogP contribution in [0, 0.1) is 11.8 Å². The third kappa shape index (κ3) is 7.42. The lowest BCUT2D eigenvalue weighted by Crippen LogP contribution is -2.41. The first kappa shape index (κ1) is 21.9. The van der Waals surface area contributed by atoms with Gasteiger partial charge in [0.1, 0.15) is 12.3 Å². The molecule has 0 aromatic rings. The van der Waals surface area contributed by atoms with Crippen LogP contribution in [-0.2, 0) is 14.3 Å². The number of methoxy groups -OCH3 is 1. The Balaban J connectivity index is 0.00000676. The number of nitrogens with zero attached hydrogens (tertiary/aromatic N) is 1. The Labute approximate surface area is 157 Å². The number of aliphatic hydroxyl groups excluding tert-OH is 1. The third-order valence-electron chi connectivity index (χ3n) is 4.18. The summed E-state index contributed by atoms with van der Waals surface area (Å²) in [6.45, 7) is 1.82. The van der Waals surface area contributed by atoms with Gasteiger partial charge in [-0.2, -0.15) is 0 Å². The van der Waals surface area contributed by atoms with E-state index >= 15 is 0 Å². The molecule has 1 rings (SSSR count). The second-order valence-electron chi connectivity index (χ2n) is 6.46. The first-order valence-corrected chi connectivity index (χ1v) is 9.01. The zero-order valence-corrected chi connectivity index (χ0v) is 16.2. The minimum absolute atomic E-state index is 0. The van der Waals surface area contributed by atoms with Crippen molar-refractivity contribution in [2.45, 2.75) is 57.7 Å². The van der Waals surface area contributed by atoms with Gasteiger partial charge in [-0.15, -0.1) is 0 Å². The highest BCUT2D eigenvalue weighted by molar-refractivity contribution is 5.98. The number of allylic oxidation sites excluding steroid dienone is 2. The number of carbonyl (C=O) groups is 2. The minimum Gasteiger partial charge on any atom is -0.467 e. The fraction of sp³-hybridized carbons (Fsp3) is 0.600. The van der Waals surface area contributed by atoms with Crippen molar-refractivity contribution in [3.05, 3.63) is 23.3 Å². The van der Waals surface area contributed by atoms with Crippen molar-refractivity contribution < 1.29 is 20.9 Å². The SMILES string of the molecule is CCC(NC(=O)C1=CCCC(C#CCCCC(O)N(C)C)=C1)C(=O)OC.[HH]. The highest BCUT2D eigenvalue weighted by atomic mass is 16.5. The van der Waals surface area contributed by atoms with Gasteiger partial charge in [-0.05, 0) is 52.3 Å². The van der Waals surface area contributed by atoms with E-state index in [0.29, 0.717) is 24.8 Å². The van der Waals surface area contributed by atoms with E-state index in [4.69, 9.17) is 0 Å². The number of hydrogen-bond acceptors (Lipinski definition) is 5. The Morgan fingerprint density at radius 3 is 2.81 bits per heavy atom. The molecule has 2 atom stereocenters. The van der Waals surface area contributed by atoms with Crippen LogP contribution >= 0.6 is 0 Å². The Kier molecular flexibility index (Phi) is 9.71. The molecule has 6 nitrogen and oxygen atoms in total. The van der Waals surface area contributed by atoms with Crippen LogP contribution in [0.2, 0.25) is 0 Å². The van der Waals surface area contributed by atoms with E-state index < -0.39 is 18.2 Å². The van der Waals surface area contributed by atoms with E-state index in [0.717, 1.165) is 24.8 Å². The lowest BCUT2D eigenvalue weighted by Gasteiger charge is -2.17. The predicted molar refractivity (Wildman–Crippen MR) is 103 cm³/mol. The zero-order valence-electron chi connectivity index (χ0n) is 16.2. The normalized spacial score (nSPS) is 15.9. The van der Waals surface area contributed by atoms with Gasteiger partial charge < -0.3 is 15.2 Å². The molecule has 0 aromatic heterocycles. The van der Waals surface area contributed by atoms with E-state index in [1.807, 2.05) is 27.1 Å². The molecule has 0 aliphatic heterocycles. The topological polar surface area (TPSA) is 78.9 Å². The average molecular weight is 364 g/mol. The molecule has 1 amide bonds. The number of esters is 1. The Morgan fingerprint density at radius 2 is 2.19 bits per heavy atom. The van der Waals surface area contributed by atoms with Crippen LogP contribution in [0.25, 0.3) is 0 Å². The van der Waals surface area contributed by atoms with Gasteiger partial charge in [0.15, 0.2) is 0 Å². The lowest BCUT2D eigenvalue weighted by atomic mass is 9.98. The second-order valence-corrected chi connectivity index (χ2v) is 6.46. The molecule has 1 aliphatic rings. The molecule has 0 aromatic carbocycles. The Morgan fingerprint density at radius 1 is 1.46 bits per heavy atom. The van der Waals surface area contributed by atoms with Crippen LogP contribution in [0.4, 0.5) is 0 Å². The number of ether oxygens (including phenoxy) is 1. The molecule has 2 unspecified atom stereocenters. The van der Waals surface area contributed by atoms with Crippen molar-refractivity contribution in [2.75, 3.05) is 21.2 Å². The van der Waals surface area contributed by atoms with Gasteiger partial charge in [0, 0.05) is 19.0 Å². The fourth-order valence-electron chi connectivity index (χ4n) is 2.48. The maximum absolute atomic E-state index is 12.3. The highest BCUT2D eigenvalue weighted by Gasteiger charge is 2.21. The number of hydrogen-bond donors (Lipinski definition) is 2. The van der Waals surface area contributed by atoms with Gasteiger partial charge in [-0.25, -0.2) is 4.79 Å². The predicted octanol–water partition coefficient (Wildman–Crippen LogP) is 2.00. The van der Waals surface area contributed by atoms with Crippen LogP contribution in [0.15, 0.2) is 23.3 Å². The maximum atomic E-state index is 12.3. The van der Waals surface area contributed by atoms with Crippen molar-refractivity contribution in [1.29, 1.82) is 0 Å². The van der Waals surface area contributed by atoms with Crippen LogP contribution in [0.5, 0.6) is 0 Å². The molecule has 0 saturated heterocycles. The van der Waals surface area contributed by atoms with E-state index in [2.05, 4.69) is 21.9 Å². The van der Waals surface area contributed by atoms with Gasteiger partial charge >= 0.3 is 5.97 Å². The van der Waals surface area contributed by atoms with Gasteiger partial charge in [-0.1, -0.05) is 24.8 Å². The van der Waals surface area contributed by atoms with Crippen molar-refractivity contribution in [1.82, 2.24) is 10.2 Å². The van der Waals surface area contributed by atoms with E-state index in [1.54, 1.807) is 11.0 Å². The summed E-state index contributed by atoms with van der Waals surface area (Å²) in [6, 6.07) is -0.638. The molecular weight excluding hydrogens is 332 g/mol. The van der Waals surface area contributed by atoms with E-state index in [1.165, 1.54) is 7.11 Å². The first-order chi connectivity index (χ1) is 12.4. The number of aliphatic hydroxyl groups is 1. The monoisotopic (exact) mass is 364 g/mol. The van der Waals surface area contributed by atoms with Crippen molar-refractivity contribution in [2.24, 2.45) is 0 Å². The summed E-state index contributed by atoms with van der Waals surface area (Å²) in [5, 5.41) is 12.4. The smallest absolute Gasteiger partial charge is 0.328 e. The van der Waals surface area contributed by atoms with E-state index in [9.17, 15) is 14.7 Å². The summed E-state index contributed by atoms with van der Waals surface area (Å²) in [4.78, 5) is 25.7. The summed E-state index contributed by atoms with van der Waals surface area (Å²) >= 11 is 0. The van der Waals surface area contributed by atoms with Crippen molar-refractivity contribution >= 4 is 11.9 Å². The molecule has 1 aliphatic carbocycles. The summed E-state index contributed by atoms with van der Waals surface area (Å²) in [7, 11) is 4.99. The fourth-order valence-corrected chi connectivity index (χ4v) is 2.48. The van der Waals surface area contributed by atoms with Gasteiger partial charge in [-0.3, -0.25) is 9.69 Å². The van der Waals surface area contributed by atoms with Crippen LogP contribution in [-0.4, -0.2) is 55.4 Å². The summed E-state index contributed by atoms with van der Waals surface area (Å²) in [6.07, 6.45) is 7.43. The number of rotatable bonds is 8. The molecule has 0 saturated carbocycles. The molecule has 2 N–H and O–H groups in total. The van der Waals surface area contributed by atoms with Crippen molar-refractivity contribution in [3.8, 4) is 11.8 Å². The van der Waals surface area contributed by atoms with E-state index in [-0.39, 0.29) is 7.33 Å². The molecule has 146 valence electrons.